The van der Waals surface area contributed by atoms with Gasteiger partial charge in [0, 0.05) is 22.5 Å². The van der Waals surface area contributed by atoms with E-state index in [1.165, 1.54) is 0 Å². The van der Waals surface area contributed by atoms with Crippen molar-refractivity contribution >= 4 is 11.8 Å². The molecule has 120 valence electrons. The van der Waals surface area contributed by atoms with Crippen LogP contribution >= 0.6 is 0 Å². The Labute approximate surface area is 140 Å². The molecule has 0 aliphatic rings. The number of carboxylic acid groups (broad SMARTS) is 1. The molecule has 3 aromatic rings. The molecule has 4 heteroatoms. The fourth-order valence-electron chi connectivity index (χ4n) is 2.93. The van der Waals surface area contributed by atoms with E-state index in [2.05, 4.69) is 0 Å². The van der Waals surface area contributed by atoms with Crippen LogP contribution in [0.1, 0.15) is 37.7 Å². The smallest absolute Gasteiger partial charge is 0.338 e. The lowest BCUT2D eigenvalue weighted by Crippen LogP contribution is -2.14. The Bertz CT molecular complexity index is 904. The maximum Gasteiger partial charge on any atom is 0.338 e. The van der Waals surface area contributed by atoms with Crippen molar-refractivity contribution in [1.82, 2.24) is 4.57 Å². The number of benzene rings is 2. The molecule has 4 nitrogen and oxygen atoms in total. The van der Waals surface area contributed by atoms with Gasteiger partial charge in [-0.3, -0.25) is 4.79 Å². The Morgan fingerprint density at radius 2 is 1.46 bits per heavy atom. The molecular formula is C20H17NO3. The molecule has 0 unspecified atom stereocenters. The summed E-state index contributed by atoms with van der Waals surface area (Å²) in [7, 11) is 0. The van der Waals surface area contributed by atoms with Crippen molar-refractivity contribution in [3.63, 3.8) is 0 Å². The molecule has 0 aliphatic heterocycles. The van der Waals surface area contributed by atoms with Crippen molar-refractivity contribution in [2.45, 2.75) is 13.8 Å². The van der Waals surface area contributed by atoms with Gasteiger partial charge < -0.3 is 9.67 Å². The van der Waals surface area contributed by atoms with E-state index in [9.17, 15) is 14.7 Å². The summed E-state index contributed by atoms with van der Waals surface area (Å²) in [5.74, 6) is -1.41. The van der Waals surface area contributed by atoms with E-state index in [4.69, 9.17) is 0 Å². The average Bonchev–Trinajstić information content (AvgIpc) is 2.92. The quantitative estimate of drug-likeness (QED) is 0.739. The second-order valence-corrected chi connectivity index (χ2v) is 5.65. The molecule has 0 atom stereocenters. The number of carbonyl (C=O) groups excluding carboxylic acids is 1. The Morgan fingerprint density at radius 3 is 2.04 bits per heavy atom. The number of aromatic carboxylic acids is 1. The fraction of sp³-hybridized carbons (Fsp3) is 0.100. The normalized spacial score (nSPS) is 10.6. The van der Waals surface area contributed by atoms with E-state index >= 15 is 0 Å². The lowest BCUT2D eigenvalue weighted by Gasteiger charge is -2.15. The van der Waals surface area contributed by atoms with Gasteiger partial charge in [-0.1, -0.05) is 42.5 Å². The van der Waals surface area contributed by atoms with Gasteiger partial charge in [0.25, 0.3) is 0 Å². The molecule has 3 rings (SSSR count). The molecule has 0 spiro atoms. The number of carboxylic acids is 1. The topological polar surface area (TPSA) is 59.3 Å². The van der Waals surface area contributed by atoms with E-state index < -0.39 is 5.97 Å². The maximum absolute atomic E-state index is 12.8. The van der Waals surface area contributed by atoms with Crippen LogP contribution in [0.2, 0.25) is 0 Å². The van der Waals surface area contributed by atoms with Gasteiger partial charge in [0.05, 0.1) is 11.3 Å². The summed E-state index contributed by atoms with van der Waals surface area (Å²) in [6, 6.07) is 17.6. The average molecular weight is 319 g/mol. The van der Waals surface area contributed by atoms with Gasteiger partial charge in [-0.2, -0.15) is 0 Å². The number of hydrogen-bond donors (Lipinski definition) is 1. The van der Waals surface area contributed by atoms with Crippen molar-refractivity contribution in [2.24, 2.45) is 0 Å². The number of aryl methyl sites for hydroxylation is 2. The summed E-state index contributed by atoms with van der Waals surface area (Å²) in [6.45, 7) is 3.81. The predicted octanol–water partition coefficient (Wildman–Crippen LogP) is 4.02. The summed E-state index contributed by atoms with van der Waals surface area (Å²) < 4.78 is 1.85. The molecule has 0 aliphatic carbocycles. The highest BCUT2D eigenvalue weighted by atomic mass is 16.4. The van der Waals surface area contributed by atoms with Crippen LogP contribution in [0.25, 0.3) is 5.69 Å². The van der Waals surface area contributed by atoms with Crippen LogP contribution in [0.3, 0.4) is 0 Å². The zero-order valence-corrected chi connectivity index (χ0v) is 13.5. The van der Waals surface area contributed by atoms with E-state index in [0.717, 1.165) is 11.4 Å². The lowest BCUT2D eigenvalue weighted by atomic mass is 9.96. The number of nitrogens with zero attached hydrogens (tertiary/aromatic N) is 1. The number of hydrogen-bond acceptors (Lipinski definition) is 2. The van der Waals surface area contributed by atoms with Gasteiger partial charge in [0.1, 0.15) is 0 Å². The maximum atomic E-state index is 12.8. The number of aromatic nitrogens is 1. The highest BCUT2D eigenvalue weighted by Gasteiger charge is 2.23. The Hall–Kier alpha value is -3.14. The van der Waals surface area contributed by atoms with Crippen LogP contribution in [0.4, 0.5) is 0 Å². The van der Waals surface area contributed by atoms with Crippen molar-refractivity contribution in [3.8, 4) is 5.69 Å². The molecule has 1 heterocycles. The zero-order chi connectivity index (χ0) is 17.3. The summed E-state index contributed by atoms with van der Waals surface area (Å²) in [6.07, 6.45) is 0. The lowest BCUT2D eigenvalue weighted by molar-refractivity contribution is 0.0693. The molecule has 0 bridgehead atoms. The third kappa shape index (κ3) is 2.63. The van der Waals surface area contributed by atoms with Crippen molar-refractivity contribution in [2.75, 3.05) is 0 Å². The van der Waals surface area contributed by atoms with Crippen LogP contribution in [0, 0.1) is 13.8 Å². The first-order valence-electron chi connectivity index (χ1n) is 7.62. The standard InChI is InChI=1S/C20H17NO3/c1-13-11-12-14(2)21(13)17-10-6-9-16(18(17)20(23)24)19(22)15-7-4-3-5-8-15/h3-12H,1-2H3,(H,23,24). The van der Waals surface area contributed by atoms with Gasteiger partial charge >= 0.3 is 5.97 Å². The van der Waals surface area contributed by atoms with Crippen LogP contribution in [0.15, 0.2) is 60.7 Å². The van der Waals surface area contributed by atoms with Gasteiger partial charge in [-0.05, 0) is 32.0 Å². The Kier molecular flexibility index (Phi) is 4.04. The van der Waals surface area contributed by atoms with Crippen molar-refractivity contribution in [1.29, 1.82) is 0 Å². The second-order valence-electron chi connectivity index (χ2n) is 5.65. The van der Waals surface area contributed by atoms with Gasteiger partial charge in [-0.25, -0.2) is 4.79 Å². The molecule has 0 radical (unpaired) electrons. The number of rotatable bonds is 4. The minimum atomic E-state index is -1.11. The zero-order valence-electron chi connectivity index (χ0n) is 13.5. The van der Waals surface area contributed by atoms with Crippen LogP contribution < -0.4 is 0 Å². The largest absolute Gasteiger partial charge is 0.478 e. The SMILES string of the molecule is Cc1ccc(C)n1-c1cccc(C(=O)c2ccccc2)c1C(=O)O. The Morgan fingerprint density at radius 1 is 0.833 bits per heavy atom. The first-order valence-corrected chi connectivity index (χ1v) is 7.62. The van der Waals surface area contributed by atoms with E-state index in [1.807, 2.05) is 36.6 Å². The molecule has 0 amide bonds. The highest BCUT2D eigenvalue weighted by molar-refractivity contribution is 6.15. The van der Waals surface area contributed by atoms with Crippen LogP contribution in [-0.4, -0.2) is 21.4 Å². The third-order valence-electron chi connectivity index (χ3n) is 4.05. The number of carbonyl (C=O) groups is 2. The van der Waals surface area contributed by atoms with Gasteiger partial charge in [0.2, 0.25) is 0 Å². The van der Waals surface area contributed by atoms with Gasteiger partial charge in [-0.15, -0.1) is 0 Å². The molecule has 1 aromatic heterocycles. The Balaban J connectivity index is 2.24. The first-order chi connectivity index (χ1) is 11.5. The molecule has 0 saturated carbocycles. The fourth-order valence-corrected chi connectivity index (χ4v) is 2.93. The number of ketones is 1. The molecule has 2 aromatic carbocycles. The van der Waals surface area contributed by atoms with Crippen molar-refractivity contribution < 1.29 is 14.7 Å². The van der Waals surface area contributed by atoms with Crippen molar-refractivity contribution in [3.05, 3.63) is 88.7 Å². The molecule has 0 fully saturated rings. The van der Waals surface area contributed by atoms with E-state index in [-0.39, 0.29) is 16.9 Å². The monoisotopic (exact) mass is 319 g/mol. The molecule has 1 N–H and O–H groups in total. The summed E-state index contributed by atoms with van der Waals surface area (Å²) >= 11 is 0. The molecular weight excluding hydrogens is 302 g/mol. The second kappa shape index (κ2) is 6.16. The van der Waals surface area contributed by atoms with Crippen LogP contribution in [0.5, 0.6) is 0 Å². The molecule has 0 saturated heterocycles. The predicted molar refractivity (Wildman–Crippen MR) is 92.1 cm³/mol. The first kappa shape index (κ1) is 15.7. The van der Waals surface area contributed by atoms with Gasteiger partial charge in [0.15, 0.2) is 5.78 Å². The minimum Gasteiger partial charge on any atom is -0.478 e. The minimum absolute atomic E-state index is 0.0220. The highest BCUT2D eigenvalue weighted by Crippen LogP contribution is 2.25. The van der Waals surface area contributed by atoms with E-state index in [1.54, 1.807) is 42.5 Å². The molecule has 24 heavy (non-hydrogen) atoms. The summed E-state index contributed by atoms with van der Waals surface area (Å²) in [4.78, 5) is 24.7. The van der Waals surface area contributed by atoms with E-state index in [0.29, 0.717) is 11.3 Å². The third-order valence-corrected chi connectivity index (χ3v) is 4.05. The van der Waals surface area contributed by atoms with Crippen LogP contribution in [-0.2, 0) is 0 Å². The summed E-state index contributed by atoms with van der Waals surface area (Å²) in [5.41, 5.74) is 3.02. The summed E-state index contributed by atoms with van der Waals surface area (Å²) in [5, 5.41) is 9.76.